The SMILES string of the molecule is COc1cc2c(cc1OC)[C@H](c1cccs1)N(C(=O)c1cccc(C#N)c1)CC2. The van der Waals surface area contributed by atoms with Crippen molar-refractivity contribution in [2.75, 3.05) is 20.8 Å². The van der Waals surface area contributed by atoms with Gasteiger partial charge in [0.05, 0.1) is 31.9 Å². The number of amides is 1. The number of benzene rings is 2. The molecule has 1 aromatic heterocycles. The first-order chi connectivity index (χ1) is 14.2. The van der Waals surface area contributed by atoms with Gasteiger partial charge in [-0.1, -0.05) is 12.1 Å². The largest absolute Gasteiger partial charge is 0.493 e. The fourth-order valence-electron chi connectivity index (χ4n) is 3.81. The first-order valence-electron chi connectivity index (χ1n) is 9.25. The molecule has 4 rings (SSSR count). The predicted molar refractivity (Wildman–Crippen MR) is 112 cm³/mol. The van der Waals surface area contributed by atoms with E-state index in [1.165, 1.54) is 0 Å². The molecule has 0 fully saturated rings. The summed E-state index contributed by atoms with van der Waals surface area (Å²) < 4.78 is 11.0. The molecule has 0 unspecified atom stereocenters. The normalized spacial score (nSPS) is 15.3. The molecule has 0 spiro atoms. The van der Waals surface area contributed by atoms with E-state index < -0.39 is 0 Å². The highest BCUT2D eigenvalue weighted by molar-refractivity contribution is 7.10. The van der Waals surface area contributed by atoms with Gasteiger partial charge < -0.3 is 14.4 Å². The van der Waals surface area contributed by atoms with Crippen molar-refractivity contribution < 1.29 is 14.3 Å². The predicted octanol–water partition coefficient (Wildman–Crippen LogP) is 4.42. The number of carbonyl (C=O) groups is 1. The lowest BCUT2D eigenvalue weighted by molar-refractivity contribution is 0.0697. The molecule has 2 aromatic carbocycles. The summed E-state index contributed by atoms with van der Waals surface area (Å²) in [6.45, 7) is 0.584. The van der Waals surface area contributed by atoms with Gasteiger partial charge in [0.1, 0.15) is 0 Å². The molecule has 0 saturated carbocycles. The molecule has 3 aromatic rings. The summed E-state index contributed by atoms with van der Waals surface area (Å²) in [5, 5.41) is 11.2. The van der Waals surface area contributed by atoms with Gasteiger partial charge in [-0.05, 0) is 59.3 Å². The van der Waals surface area contributed by atoms with Crippen molar-refractivity contribution in [1.82, 2.24) is 4.90 Å². The van der Waals surface area contributed by atoms with Gasteiger partial charge >= 0.3 is 0 Å². The number of rotatable bonds is 4. The van der Waals surface area contributed by atoms with Crippen LogP contribution in [-0.4, -0.2) is 31.6 Å². The molecule has 0 N–H and O–H groups in total. The van der Waals surface area contributed by atoms with Gasteiger partial charge in [-0.3, -0.25) is 4.79 Å². The fraction of sp³-hybridized carbons (Fsp3) is 0.217. The van der Waals surface area contributed by atoms with Crippen LogP contribution in [0.15, 0.2) is 53.9 Å². The molecule has 1 atom stereocenters. The van der Waals surface area contributed by atoms with Crippen LogP contribution in [0.4, 0.5) is 0 Å². The Kier molecular flexibility index (Phi) is 5.24. The third-order valence-electron chi connectivity index (χ3n) is 5.19. The van der Waals surface area contributed by atoms with E-state index in [9.17, 15) is 10.1 Å². The molecule has 5 nitrogen and oxygen atoms in total. The van der Waals surface area contributed by atoms with Crippen LogP contribution in [0.25, 0.3) is 0 Å². The average molecular weight is 404 g/mol. The van der Waals surface area contributed by atoms with Gasteiger partial charge in [-0.25, -0.2) is 0 Å². The number of nitriles is 1. The lowest BCUT2D eigenvalue weighted by Gasteiger charge is -2.37. The Balaban J connectivity index is 1.82. The van der Waals surface area contributed by atoms with Gasteiger partial charge in [-0.15, -0.1) is 11.3 Å². The second-order valence-electron chi connectivity index (χ2n) is 6.77. The lowest BCUT2D eigenvalue weighted by atomic mass is 9.90. The number of carbonyl (C=O) groups excluding carboxylic acids is 1. The molecule has 1 amide bonds. The summed E-state index contributed by atoms with van der Waals surface area (Å²) in [5.41, 5.74) is 3.19. The van der Waals surface area contributed by atoms with E-state index in [1.807, 2.05) is 34.5 Å². The average Bonchev–Trinajstić information content (AvgIpc) is 3.31. The number of ether oxygens (including phenoxy) is 2. The number of nitrogens with zero attached hydrogens (tertiary/aromatic N) is 2. The van der Waals surface area contributed by atoms with E-state index in [1.54, 1.807) is 49.8 Å². The standard InChI is InChI=1S/C23H20N2O3S/c1-27-19-12-16-8-9-25(23(26)17-6-3-5-15(11-17)14-24)22(21-7-4-10-29-21)18(16)13-20(19)28-2/h3-7,10-13,22H,8-9H2,1-2H3/t22-/m1/s1. The van der Waals surface area contributed by atoms with Crippen molar-refractivity contribution in [1.29, 1.82) is 5.26 Å². The van der Waals surface area contributed by atoms with Crippen LogP contribution in [0, 0.1) is 11.3 Å². The van der Waals surface area contributed by atoms with E-state index in [4.69, 9.17) is 9.47 Å². The highest BCUT2D eigenvalue weighted by atomic mass is 32.1. The second kappa shape index (κ2) is 7.98. The number of methoxy groups -OCH3 is 2. The van der Waals surface area contributed by atoms with Crippen LogP contribution >= 0.6 is 11.3 Å². The quantitative estimate of drug-likeness (QED) is 0.646. The Hall–Kier alpha value is -3.30. The van der Waals surface area contributed by atoms with Crippen LogP contribution < -0.4 is 9.47 Å². The molecule has 146 valence electrons. The first kappa shape index (κ1) is 19.0. The summed E-state index contributed by atoms with van der Waals surface area (Å²) >= 11 is 1.62. The third-order valence-corrected chi connectivity index (χ3v) is 6.11. The van der Waals surface area contributed by atoms with Crippen molar-refractivity contribution in [3.63, 3.8) is 0 Å². The van der Waals surface area contributed by atoms with Gasteiger partial charge in [0, 0.05) is 17.0 Å². The second-order valence-corrected chi connectivity index (χ2v) is 7.74. The van der Waals surface area contributed by atoms with Gasteiger partial charge in [0.15, 0.2) is 11.5 Å². The van der Waals surface area contributed by atoms with Crippen molar-refractivity contribution in [2.45, 2.75) is 12.5 Å². The zero-order chi connectivity index (χ0) is 20.4. The monoisotopic (exact) mass is 404 g/mol. The molecule has 1 aliphatic heterocycles. The minimum atomic E-state index is -0.211. The zero-order valence-corrected chi connectivity index (χ0v) is 17.0. The summed E-state index contributed by atoms with van der Waals surface area (Å²) in [7, 11) is 3.24. The molecular weight excluding hydrogens is 384 g/mol. The van der Waals surface area contributed by atoms with Crippen LogP contribution in [-0.2, 0) is 6.42 Å². The molecule has 0 saturated heterocycles. The molecule has 1 aliphatic rings. The molecule has 0 radical (unpaired) electrons. The summed E-state index contributed by atoms with van der Waals surface area (Å²) in [4.78, 5) is 16.4. The highest BCUT2D eigenvalue weighted by Crippen LogP contribution is 2.42. The van der Waals surface area contributed by atoms with Crippen molar-refractivity contribution >= 4 is 17.2 Å². The molecule has 6 heteroatoms. The van der Waals surface area contributed by atoms with E-state index in [-0.39, 0.29) is 11.9 Å². The summed E-state index contributed by atoms with van der Waals surface area (Å²) in [5.74, 6) is 1.26. The highest BCUT2D eigenvalue weighted by Gasteiger charge is 2.34. The Morgan fingerprint density at radius 2 is 1.93 bits per heavy atom. The fourth-order valence-corrected chi connectivity index (χ4v) is 4.66. The first-order valence-corrected chi connectivity index (χ1v) is 10.1. The molecule has 0 aliphatic carbocycles. The maximum atomic E-state index is 13.4. The topological polar surface area (TPSA) is 62.6 Å². The van der Waals surface area contributed by atoms with E-state index >= 15 is 0 Å². The maximum absolute atomic E-state index is 13.4. The van der Waals surface area contributed by atoms with E-state index in [2.05, 4.69) is 6.07 Å². The number of fused-ring (bicyclic) bond motifs is 1. The van der Waals surface area contributed by atoms with E-state index in [0.717, 1.165) is 22.4 Å². The Morgan fingerprint density at radius 1 is 1.14 bits per heavy atom. The maximum Gasteiger partial charge on any atom is 0.254 e. The third kappa shape index (κ3) is 3.45. The molecule has 2 heterocycles. The van der Waals surface area contributed by atoms with Gasteiger partial charge in [0.25, 0.3) is 5.91 Å². The molecule has 0 bridgehead atoms. The number of hydrogen-bond acceptors (Lipinski definition) is 5. The smallest absolute Gasteiger partial charge is 0.254 e. The molecule has 29 heavy (non-hydrogen) atoms. The minimum absolute atomic E-state index is 0.0825. The number of thiophene rings is 1. The van der Waals surface area contributed by atoms with Crippen molar-refractivity contribution in [2.24, 2.45) is 0 Å². The summed E-state index contributed by atoms with van der Waals surface area (Å²) in [6, 6.07) is 16.8. The van der Waals surface area contributed by atoms with Crippen LogP contribution in [0.3, 0.4) is 0 Å². The molecular formula is C23H20N2O3S. The van der Waals surface area contributed by atoms with Crippen LogP contribution in [0.2, 0.25) is 0 Å². The minimum Gasteiger partial charge on any atom is -0.493 e. The van der Waals surface area contributed by atoms with Crippen molar-refractivity contribution in [3.8, 4) is 17.6 Å². The van der Waals surface area contributed by atoms with E-state index in [0.29, 0.717) is 29.2 Å². The van der Waals surface area contributed by atoms with Crippen LogP contribution in [0.5, 0.6) is 11.5 Å². The van der Waals surface area contributed by atoms with Gasteiger partial charge in [-0.2, -0.15) is 5.26 Å². The Morgan fingerprint density at radius 3 is 2.62 bits per heavy atom. The zero-order valence-electron chi connectivity index (χ0n) is 16.2. The van der Waals surface area contributed by atoms with Crippen molar-refractivity contribution in [3.05, 3.63) is 81.0 Å². The Labute approximate surface area is 173 Å². The van der Waals surface area contributed by atoms with Crippen LogP contribution in [0.1, 0.15) is 38.0 Å². The Bertz CT molecular complexity index is 1090. The lowest BCUT2D eigenvalue weighted by Crippen LogP contribution is -2.40. The summed E-state index contributed by atoms with van der Waals surface area (Å²) in [6.07, 6.45) is 0.723. The number of hydrogen-bond donors (Lipinski definition) is 0. The van der Waals surface area contributed by atoms with Gasteiger partial charge in [0.2, 0.25) is 0 Å².